The summed E-state index contributed by atoms with van der Waals surface area (Å²) < 4.78 is 32.4. The molecule has 0 unspecified atom stereocenters. The normalized spacial score (nSPS) is 19.1. The molecule has 22 heavy (non-hydrogen) atoms. The Balaban J connectivity index is 1.99. The standard InChI is InChI=1S/C17H23F2NO2/c1-17(2,3)22-16(21)20-9-5-6-12(11-20)10-13-7-4-8-14(18)15(13)19/h4,7-8,12H,5-6,9-11H2,1-3H3/t12-/m0/s1. The van der Waals surface area contributed by atoms with E-state index in [9.17, 15) is 13.6 Å². The van der Waals surface area contributed by atoms with Gasteiger partial charge in [0.2, 0.25) is 0 Å². The monoisotopic (exact) mass is 311 g/mol. The van der Waals surface area contributed by atoms with Crippen LogP contribution in [0.2, 0.25) is 0 Å². The van der Waals surface area contributed by atoms with Crippen LogP contribution in [0.5, 0.6) is 0 Å². The average molecular weight is 311 g/mol. The second-order valence-electron chi connectivity index (χ2n) is 6.85. The second kappa shape index (κ2) is 6.63. The molecule has 1 saturated heterocycles. The van der Waals surface area contributed by atoms with Crippen LogP contribution in [0.3, 0.4) is 0 Å². The van der Waals surface area contributed by atoms with E-state index in [1.54, 1.807) is 11.0 Å². The first kappa shape index (κ1) is 16.7. The SMILES string of the molecule is CC(C)(C)OC(=O)N1CCC[C@@H](Cc2cccc(F)c2F)C1. The lowest BCUT2D eigenvalue weighted by molar-refractivity contribution is 0.0166. The Morgan fingerprint density at radius 1 is 1.36 bits per heavy atom. The summed E-state index contributed by atoms with van der Waals surface area (Å²) in [5.74, 6) is -1.48. The van der Waals surface area contributed by atoms with E-state index >= 15 is 0 Å². The summed E-state index contributed by atoms with van der Waals surface area (Å²) in [4.78, 5) is 13.8. The molecule has 1 fully saturated rings. The van der Waals surface area contributed by atoms with Gasteiger partial charge in [0.25, 0.3) is 0 Å². The van der Waals surface area contributed by atoms with Crippen molar-refractivity contribution in [1.82, 2.24) is 4.90 Å². The molecule has 122 valence electrons. The van der Waals surface area contributed by atoms with Gasteiger partial charge in [-0.1, -0.05) is 12.1 Å². The van der Waals surface area contributed by atoms with Crippen molar-refractivity contribution in [3.05, 3.63) is 35.4 Å². The van der Waals surface area contributed by atoms with Crippen LogP contribution in [0.15, 0.2) is 18.2 Å². The van der Waals surface area contributed by atoms with Crippen molar-refractivity contribution in [3.8, 4) is 0 Å². The third-order valence-electron chi connectivity index (χ3n) is 3.71. The molecule has 0 bridgehead atoms. The van der Waals surface area contributed by atoms with Gasteiger partial charge in [0.05, 0.1) is 0 Å². The number of hydrogen-bond donors (Lipinski definition) is 0. The van der Waals surface area contributed by atoms with Crippen molar-refractivity contribution in [2.75, 3.05) is 13.1 Å². The van der Waals surface area contributed by atoms with Gasteiger partial charge in [-0.05, 0) is 57.6 Å². The first-order valence-electron chi connectivity index (χ1n) is 7.67. The van der Waals surface area contributed by atoms with Crippen LogP contribution in [0.25, 0.3) is 0 Å². The first-order valence-corrected chi connectivity index (χ1v) is 7.67. The summed E-state index contributed by atoms with van der Waals surface area (Å²) >= 11 is 0. The number of nitrogens with zero attached hydrogens (tertiary/aromatic N) is 1. The Kier molecular flexibility index (Phi) is 5.04. The summed E-state index contributed by atoms with van der Waals surface area (Å²) in [5.41, 5.74) is -0.158. The molecular weight excluding hydrogens is 288 g/mol. The van der Waals surface area contributed by atoms with Gasteiger partial charge in [0.15, 0.2) is 11.6 Å². The molecule has 1 aromatic rings. The molecule has 1 heterocycles. The zero-order chi connectivity index (χ0) is 16.3. The largest absolute Gasteiger partial charge is 0.444 e. The Bertz CT molecular complexity index is 540. The van der Waals surface area contributed by atoms with Crippen LogP contribution >= 0.6 is 0 Å². The van der Waals surface area contributed by atoms with Crippen LogP contribution in [0.4, 0.5) is 13.6 Å². The van der Waals surface area contributed by atoms with E-state index in [2.05, 4.69) is 0 Å². The molecule has 0 aromatic heterocycles. The van der Waals surface area contributed by atoms with Gasteiger partial charge in [-0.15, -0.1) is 0 Å². The molecule has 0 aliphatic carbocycles. The van der Waals surface area contributed by atoms with E-state index in [0.29, 0.717) is 25.1 Å². The number of likely N-dealkylation sites (tertiary alicyclic amines) is 1. The second-order valence-corrected chi connectivity index (χ2v) is 6.85. The van der Waals surface area contributed by atoms with Crippen LogP contribution < -0.4 is 0 Å². The minimum Gasteiger partial charge on any atom is -0.444 e. The predicted octanol–water partition coefficient (Wildman–Crippen LogP) is 4.15. The molecule has 3 nitrogen and oxygen atoms in total. The third-order valence-corrected chi connectivity index (χ3v) is 3.71. The van der Waals surface area contributed by atoms with Gasteiger partial charge < -0.3 is 9.64 Å². The zero-order valence-corrected chi connectivity index (χ0v) is 13.4. The molecule has 0 spiro atoms. The van der Waals surface area contributed by atoms with Crippen LogP contribution in [-0.4, -0.2) is 29.7 Å². The number of halogens is 2. The molecule has 1 atom stereocenters. The minimum atomic E-state index is -0.822. The van der Waals surface area contributed by atoms with E-state index in [0.717, 1.165) is 18.9 Å². The molecule has 5 heteroatoms. The molecule has 0 N–H and O–H groups in total. The maximum Gasteiger partial charge on any atom is 0.410 e. The van der Waals surface area contributed by atoms with Gasteiger partial charge >= 0.3 is 6.09 Å². The van der Waals surface area contributed by atoms with Crippen molar-refractivity contribution in [3.63, 3.8) is 0 Å². The molecule has 0 saturated carbocycles. The highest BCUT2D eigenvalue weighted by atomic mass is 19.2. The van der Waals surface area contributed by atoms with Gasteiger partial charge in [-0.3, -0.25) is 0 Å². The smallest absolute Gasteiger partial charge is 0.410 e. The summed E-state index contributed by atoms with van der Waals surface area (Å²) in [6.07, 6.45) is 1.84. The fourth-order valence-electron chi connectivity index (χ4n) is 2.74. The number of carbonyl (C=O) groups excluding carboxylic acids is 1. The number of hydrogen-bond acceptors (Lipinski definition) is 2. The van der Waals surface area contributed by atoms with Gasteiger partial charge in [-0.25, -0.2) is 13.6 Å². The number of carbonyl (C=O) groups is 1. The Hall–Kier alpha value is -1.65. The molecular formula is C17H23F2NO2. The number of amides is 1. The Morgan fingerprint density at radius 2 is 2.09 bits per heavy atom. The highest BCUT2D eigenvalue weighted by Crippen LogP contribution is 2.24. The fraction of sp³-hybridized carbons (Fsp3) is 0.588. The minimum absolute atomic E-state index is 0.123. The third kappa shape index (κ3) is 4.42. The number of benzene rings is 1. The van der Waals surface area contributed by atoms with Crippen LogP contribution in [0, 0.1) is 17.6 Å². The number of piperidine rings is 1. The van der Waals surface area contributed by atoms with Crippen LogP contribution in [-0.2, 0) is 11.2 Å². The highest BCUT2D eigenvalue weighted by Gasteiger charge is 2.28. The van der Waals surface area contributed by atoms with E-state index in [-0.39, 0.29) is 12.0 Å². The lowest BCUT2D eigenvalue weighted by Gasteiger charge is -2.34. The van der Waals surface area contributed by atoms with Crippen molar-refractivity contribution in [2.45, 2.75) is 45.6 Å². The van der Waals surface area contributed by atoms with Gasteiger partial charge in [-0.2, -0.15) is 0 Å². The first-order chi connectivity index (χ1) is 10.3. The number of ether oxygens (including phenoxy) is 1. The highest BCUT2D eigenvalue weighted by molar-refractivity contribution is 5.68. The predicted molar refractivity (Wildman–Crippen MR) is 80.6 cm³/mol. The van der Waals surface area contributed by atoms with Crippen molar-refractivity contribution < 1.29 is 18.3 Å². The fourth-order valence-corrected chi connectivity index (χ4v) is 2.74. The lowest BCUT2D eigenvalue weighted by Crippen LogP contribution is -2.43. The van der Waals surface area contributed by atoms with Gasteiger partial charge in [0, 0.05) is 13.1 Å². The summed E-state index contributed by atoms with van der Waals surface area (Å²) in [6.45, 7) is 6.65. The van der Waals surface area contributed by atoms with Crippen molar-refractivity contribution in [1.29, 1.82) is 0 Å². The Morgan fingerprint density at radius 3 is 2.77 bits per heavy atom. The Labute approximate surface area is 130 Å². The lowest BCUT2D eigenvalue weighted by atomic mass is 9.91. The van der Waals surface area contributed by atoms with Crippen molar-refractivity contribution >= 4 is 6.09 Å². The topological polar surface area (TPSA) is 29.5 Å². The van der Waals surface area contributed by atoms with E-state index < -0.39 is 17.2 Å². The molecule has 1 amide bonds. The maximum atomic E-state index is 13.8. The van der Waals surface area contributed by atoms with E-state index in [1.807, 2.05) is 20.8 Å². The van der Waals surface area contributed by atoms with E-state index in [4.69, 9.17) is 4.74 Å². The summed E-state index contributed by atoms with van der Waals surface area (Å²) in [5, 5.41) is 0. The molecule has 1 aliphatic heterocycles. The summed E-state index contributed by atoms with van der Waals surface area (Å²) in [6, 6.07) is 4.24. The molecule has 1 aromatic carbocycles. The van der Waals surface area contributed by atoms with Gasteiger partial charge in [0.1, 0.15) is 5.60 Å². The number of rotatable bonds is 2. The maximum absolute atomic E-state index is 13.8. The van der Waals surface area contributed by atoms with Crippen LogP contribution in [0.1, 0.15) is 39.2 Å². The molecule has 1 aliphatic rings. The molecule has 2 rings (SSSR count). The van der Waals surface area contributed by atoms with E-state index in [1.165, 1.54) is 6.07 Å². The average Bonchev–Trinajstić information content (AvgIpc) is 2.42. The molecule has 0 radical (unpaired) electrons. The zero-order valence-electron chi connectivity index (χ0n) is 13.4. The summed E-state index contributed by atoms with van der Waals surface area (Å²) in [7, 11) is 0. The quantitative estimate of drug-likeness (QED) is 0.821. The van der Waals surface area contributed by atoms with Crippen molar-refractivity contribution in [2.24, 2.45) is 5.92 Å².